The van der Waals surface area contributed by atoms with Crippen LogP contribution in [0.15, 0.2) is 40.8 Å². The zero-order valence-corrected chi connectivity index (χ0v) is 10.8. The lowest BCUT2D eigenvalue weighted by molar-refractivity contribution is 0.463. The molecule has 0 unspecified atom stereocenters. The minimum atomic E-state index is 0.605. The maximum absolute atomic E-state index is 5.71. The first-order valence-corrected chi connectivity index (χ1v) is 6.32. The summed E-state index contributed by atoms with van der Waals surface area (Å²) in [5, 5.41) is 3.38. The number of furan rings is 1. The van der Waals surface area contributed by atoms with Crippen LogP contribution in [0.5, 0.6) is 0 Å². The van der Waals surface area contributed by atoms with Crippen molar-refractivity contribution in [2.75, 3.05) is 6.54 Å². The van der Waals surface area contributed by atoms with E-state index in [0.29, 0.717) is 6.54 Å². The maximum Gasteiger partial charge on any atom is 0.117 e. The highest BCUT2D eigenvalue weighted by Crippen LogP contribution is 2.09. The minimum absolute atomic E-state index is 0.605. The molecule has 0 atom stereocenters. The maximum atomic E-state index is 5.71. The van der Waals surface area contributed by atoms with Crippen LogP contribution in [0, 0.1) is 6.92 Å². The van der Waals surface area contributed by atoms with E-state index in [0.717, 1.165) is 31.0 Å². The van der Waals surface area contributed by atoms with Gasteiger partial charge in [0.2, 0.25) is 0 Å². The lowest BCUT2D eigenvalue weighted by Gasteiger charge is -2.07. The Labute approximate surface area is 108 Å². The van der Waals surface area contributed by atoms with Gasteiger partial charge in [-0.1, -0.05) is 24.3 Å². The van der Waals surface area contributed by atoms with Crippen molar-refractivity contribution in [1.82, 2.24) is 5.32 Å². The van der Waals surface area contributed by atoms with Gasteiger partial charge in [-0.25, -0.2) is 0 Å². The summed E-state index contributed by atoms with van der Waals surface area (Å²) in [5.41, 5.74) is 8.27. The van der Waals surface area contributed by atoms with Crippen molar-refractivity contribution in [3.8, 4) is 0 Å². The molecule has 0 amide bonds. The number of nitrogens with one attached hydrogen (secondary N) is 1. The molecule has 96 valence electrons. The van der Waals surface area contributed by atoms with Crippen LogP contribution in [0.3, 0.4) is 0 Å². The first-order chi connectivity index (χ1) is 8.79. The second-order valence-corrected chi connectivity index (χ2v) is 4.41. The highest BCUT2D eigenvalue weighted by atomic mass is 16.3. The molecule has 3 nitrogen and oxygen atoms in total. The number of rotatable bonds is 6. The molecule has 0 radical (unpaired) electrons. The highest BCUT2D eigenvalue weighted by molar-refractivity contribution is 5.27. The van der Waals surface area contributed by atoms with Gasteiger partial charge < -0.3 is 15.5 Å². The third-order valence-corrected chi connectivity index (χ3v) is 3.00. The summed E-state index contributed by atoms with van der Waals surface area (Å²) < 4.78 is 5.50. The van der Waals surface area contributed by atoms with Gasteiger partial charge in [0.25, 0.3) is 0 Å². The molecule has 0 aliphatic heterocycles. The van der Waals surface area contributed by atoms with Crippen LogP contribution in [0.1, 0.15) is 22.6 Å². The molecule has 1 aromatic heterocycles. The van der Waals surface area contributed by atoms with Gasteiger partial charge in [-0.15, -0.1) is 0 Å². The van der Waals surface area contributed by atoms with E-state index < -0.39 is 0 Å². The van der Waals surface area contributed by atoms with E-state index in [9.17, 15) is 0 Å². The molecular formula is C15H20N2O. The van der Waals surface area contributed by atoms with Crippen LogP contribution in [0.4, 0.5) is 0 Å². The Hall–Kier alpha value is -1.58. The molecule has 0 saturated heterocycles. The average Bonchev–Trinajstić information content (AvgIpc) is 2.81. The van der Waals surface area contributed by atoms with Crippen molar-refractivity contribution >= 4 is 0 Å². The van der Waals surface area contributed by atoms with Crippen molar-refractivity contribution in [3.63, 3.8) is 0 Å². The standard InChI is InChI=1S/C15H20N2O/c1-12-6-7-15(18-12)11-17-9-8-13-4-2-3-5-14(13)10-16/h2-7,17H,8-11,16H2,1H3. The number of hydrogen-bond donors (Lipinski definition) is 2. The molecule has 3 heteroatoms. The SMILES string of the molecule is Cc1ccc(CNCCc2ccccc2CN)o1. The summed E-state index contributed by atoms with van der Waals surface area (Å²) in [4.78, 5) is 0. The Kier molecular flexibility index (Phi) is 4.56. The molecule has 1 aromatic carbocycles. The Bertz CT molecular complexity index is 491. The Balaban J connectivity index is 1.78. The van der Waals surface area contributed by atoms with Crippen molar-refractivity contribution in [1.29, 1.82) is 0 Å². The molecule has 0 aliphatic rings. The van der Waals surface area contributed by atoms with Gasteiger partial charge in [-0.05, 0) is 43.1 Å². The zero-order valence-electron chi connectivity index (χ0n) is 10.8. The summed E-state index contributed by atoms with van der Waals surface area (Å²) in [6.45, 7) is 4.27. The molecule has 0 fully saturated rings. The summed E-state index contributed by atoms with van der Waals surface area (Å²) in [7, 11) is 0. The number of benzene rings is 1. The van der Waals surface area contributed by atoms with Crippen molar-refractivity contribution in [2.45, 2.75) is 26.4 Å². The normalized spacial score (nSPS) is 10.8. The van der Waals surface area contributed by atoms with Gasteiger partial charge in [-0.2, -0.15) is 0 Å². The Morgan fingerprint density at radius 3 is 2.56 bits per heavy atom. The van der Waals surface area contributed by atoms with Crippen LogP contribution in [-0.4, -0.2) is 6.54 Å². The first-order valence-electron chi connectivity index (χ1n) is 6.32. The number of hydrogen-bond acceptors (Lipinski definition) is 3. The fraction of sp³-hybridized carbons (Fsp3) is 0.333. The third-order valence-electron chi connectivity index (χ3n) is 3.00. The topological polar surface area (TPSA) is 51.2 Å². The second-order valence-electron chi connectivity index (χ2n) is 4.41. The predicted molar refractivity (Wildman–Crippen MR) is 73.2 cm³/mol. The van der Waals surface area contributed by atoms with E-state index in [2.05, 4.69) is 23.5 Å². The van der Waals surface area contributed by atoms with Gasteiger partial charge in [-0.3, -0.25) is 0 Å². The summed E-state index contributed by atoms with van der Waals surface area (Å²) in [5.74, 6) is 1.94. The van der Waals surface area contributed by atoms with Gasteiger partial charge in [0.15, 0.2) is 0 Å². The lowest BCUT2D eigenvalue weighted by atomic mass is 10.0. The van der Waals surface area contributed by atoms with Crippen LogP contribution < -0.4 is 11.1 Å². The summed E-state index contributed by atoms with van der Waals surface area (Å²) >= 11 is 0. The lowest BCUT2D eigenvalue weighted by Crippen LogP contribution is -2.17. The van der Waals surface area contributed by atoms with Crippen LogP contribution in [-0.2, 0) is 19.5 Å². The summed E-state index contributed by atoms with van der Waals surface area (Å²) in [6, 6.07) is 12.3. The van der Waals surface area contributed by atoms with E-state index in [-0.39, 0.29) is 0 Å². The van der Waals surface area contributed by atoms with Crippen LogP contribution >= 0.6 is 0 Å². The molecule has 18 heavy (non-hydrogen) atoms. The highest BCUT2D eigenvalue weighted by Gasteiger charge is 2.01. The van der Waals surface area contributed by atoms with E-state index in [4.69, 9.17) is 10.2 Å². The minimum Gasteiger partial charge on any atom is -0.465 e. The number of nitrogens with two attached hydrogens (primary N) is 1. The predicted octanol–water partition coefficient (Wildman–Crippen LogP) is 2.38. The Morgan fingerprint density at radius 2 is 1.89 bits per heavy atom. The van der Waals surface area contributed by atoms with Gasteiger partial charge >= 0.3 is 0 Å². The fourth-order valence-corrected chi connectivity index (χ4v) is 2.02. The zero-order chi connectivity index (χ0) is 12.8. The second kappa shape index (κ2) is 6.38. The molecule has 0 bridgehead atoms. The molecule has 2 aromatic rings. The van der Waals surface area contributed by atoms with Crippen LogP contribution in [0.2, 0.25) is 0 Å². The van der Waals surface area contributed by atoms with E-state index in [1.54, 1.807) is 0 Å². The molecule has 0 saturated carbocycles. The molecule has 0 spiro atoms. The van der Waals surface area contributed by atoms with E-state index in [1.807, 2.05) is 25.1 Å². The smallest absolute Gasteiger partial charge is 0.117 e. The molecule has 3 N–H and O–H groups in total. The molecule has 1 heterocycles. The average molecular weight is 244 g/mol. The summed E-state index contributed by atoms with van der Waals surface area (Å²) in [6.07, 6.45) is 0.993. The Morgan fingerprint density at radius 1 is 1.11 bits per heavy atom. The first kappa shape index (κ1) is 12.9. The third kappa shape index (κ3) is 3.45. The molecule has 0 aliphatic carbocycles. The number of aryl methyl sites for hydroxylation is 1. The van der Waals surface area contributed by atoms with Crippen LogP contribution in [0.25, 0.3) is 0 Å². The van der Waals surface area contributed by atoms with Crippen molar-refractivity contribution in [3.05, 3.63) is 59.0 Å². The monoisotopic (exact) mass is 244 g/mol. The van der Waals surface area contributed by atoms with Crippen molar-refractivity contribution < 1.29 is 4.42 Å². The quantitative estimate of drug-likeness (QED) is 0.767. The van der Waals surface area contributed by atoms with E-state index >= 15 is 0 Å². The van der Waals surface area contributed by atoms with Gasteiger partial charge in [0.1, 0.15) is 11.5 Å². The van der Waals surface area contributed by atoms with E-state index in [1.165, 1.54) is 11.1 Å². The van der Waals surface area contributed by atoms with Crippen molar-refractivity contribution in [2.24, 2.45) is 5.73 Å². The fourth-order valence-electron chi connectivity index (χ4n) is 2.02. The van der Waals surface area contributed by atoms with Gasteiger partial charge in [0.05, 0.1) is 6.54 Å². The molecule has 2 rings (SSSR count). The van der Waals surface area contributed by atoms with Gasteiger partial charge in [0, 0.05) is 6.54 Å². The molecular weight excluding hydrogens is 224 g/mol. The largest absolute Gasteiger partial charge is 0.465 e.